The second-order valence-electron chi connectivity index (χ2n) is 6.83. The zero-order chi connectivity index (χ0) is 21.3. The van der Waals surface area contributed by atoms with Crippen molar-refractivity contribution in [1.82, 2.24) is 20.6 Å². The van der Waals surface area contributed by atoms with Crippen LogP contribution in [0.25, 0.3) is 22.5 Å². The van der Waals surface area contributed by atoms with Gasteiger partial charge in [0.05, 0.1) is 0 Å². The molecule has 1 unspecified atom stereocenters. The number of nitrogens with zero attached hydrogens (tertiary/aromatic N) is 3. The van der Waals surface area contributed by atoms with Crippen molar-refractivity contribution in [2.24, 2.45) is 0 Å². The predicted molar refractivity (Wildman–Crippen MR) is 128 cm³/mol. The molecule has 0 fully saturated rings. The van der Waals surface area contributed by atoms with Gasteiger partial charge in [-0.05, 0) is 19.1 Å². The standard InChI is InChI=1S/C25H23N5S/c1-19(31-22-15-9-4-10-16-22)17-18-26-29-25-27-23(20-11-5-2-6-12-20)24(28-30-25)21-13-7-3-8-14-21/h2-19,26H,1H3,(H,27,29,30)/b18-17+. The lowest BCUT2D eigenvalue weighted by atomic mass is 10.0. The van der Waals surface area contributed by atoms with Crippen molar-refractivity contribution in [3.05, 3.63) is 103 Å². The van der Waals surface area contributed by atoms with Crippen LogP contribution in [0.3, 0.4) is 0 Å². The smallest absolute Gasteiger partial charge is 0.261 e. The maximum absolute atomic E-state index is 4.72. The average Bonchev–Trinajstić information content (AvgIpc) is 2.83. The number of hydrogen-bond donors (Lipinski definition) is 2. The number of anilines is 1. The molecule has 0 aliphatic carbocycles. The summed E-state index contributed by atoms with van der Waals surface area (Å²) in [5.74, 6) is 0.409. The van der Waals surface area contributed by atoms with E-state index in [1.165, 1.54) is 4.90 Å². The molecule has 0 aliphatic rings. The second-order valence-corrected chi connectivity index (χ2v) is 8.28. The molecule has 3 aromatic carbocycles. The van der Waals surface area contributed by atoms with Gasteiger partial charge in [-0.25, -0.2) is 4.98 Å². The van der Waals surface area contributed by atoms with Crippen LogP contribution in [0.5, 0.6) is 0 Å². The maximum atomic E-state index is 4.72. The van der Waals surface area contributed by atoms with Crippen molar-refractivity contribution in [1.29, 1.82) is 0 Å². The van der Waals surface area contributed by atoms with Gasteiger partial charge in [-0.1, -0.05) is 84.9 Å². The molecule has 1 heterocycles. The molecular weight excluding hydrogens is 402 g/mol. The van der Waals surface area contributed by atoms with Gasteiger partial charge >= 0.3 is 0 Å². The molecule has 0 saturated carbocycles. The number of nitrogens with one attached hydrogen (secondary N) is 2. The largest absolute Gasteiger partial charge is 0.306 e. The Labute approximate surface area is 186 Å². The predicted octanol–water partition coefficient (Wildman–Crippen LogP) is 5.82. The first-order valence-electron chi connectivity index (χ1n) is 10.0. The molecule has 0 spiro atoms. The van der Waals surface area contributed by atoms with E-state index in [0.29, 0.717) is 11.2 Å². The van der Waals surface area contributed by atoms with Gasteiger partial charge in [-0.2, -0.15) is 0 Å². The van der Waals surface area contributed by atoms with E-state index in [2.05, 4.69) is 46.2 Å². The van der Waals surface area contributed by atoms with Gasteiger partial charge in [0.15, 0.2) is 0 Å². The molecule has 0 aliphatic heterocycles. The van der Waals surface area contributed by atoms with Gasteiger partial charge in [-0.15, -0.1) is 22.0 Å². The third-order valence-electron chi connectivity index (χ3n) is 4.48. The van der Waals surface area contributed by atoms with Gasteiger partial charge in [0, 0.05) is 27.5 Å². The lowest BCUT2D eigenvalue weighted by Crippen LogP contribution is -2.18. The highest BCUT2D eigenvalue weighted by atomic mass is 32.2. The lowest BCUT2D eigenvalue weighted by Gasteiger charge is -2.11. The Morgan fingerprint density at radius 1 is 0.742 bits per heavy atom. The van der Waals surface area contributed by atoms with E-state index in [1.54, 1.807) is 11.8 Å². The van der Waals surface area contributed by atoms with Crippen LogP contribution in [0.2, 0.25) is 0 Å². The van der Waals surface area contributed by atoms with Crippen LogP contribution < -0.4 is 10.9 Å². The fourth-order valence-corrected chi connectivity index (χ4v) is 3.91. The van der Waals surface area contributed by atoms with Gasteiger partial charge in [0.25, 0.3) is 5.95 Å². The van der Waals surface area contributed by atoms with E-state index in [9.17, 15) is 0 Å². The number of rotatable bonds is 8. The van der Waals surface area contributed by atoms with E-state index in [4.69, 9.17) is 4.98 Å². The van der Waals surface area contributed by atoms with Gasteiger partial charge in [0.2, 0.25) is 0 Å². The van der Waals surface area contributed by atoms with Gasteiger partial charge < -0.3 is 5.43 Å². The molecule has 0 amide bonds. The Hall–Kier alpha value is -3.64. The summed E-state index contributed by atoms with van der Waals surface area (Å²) in [6, 6.07) is 30.3. The zero-order valence-corrected chi connectivity index (χ0v) is 18.0. The van der Waals surface area contributed by atoms with E-state index in [-0.39, 0.29) is 0 Å². The van der Waals surface area contributed by atoms with Crippen LogP contribution in [0.1, 0.15) is 6.92 Å². The maximum Gasteiger partial charge on any atom is 0.261 e. The molecule has 1 aromatic heterocycles. The minimum atomic E-state index is 0.316. The average molecular weight is 426 g/mol. The Balaban J connectivity index is 1.47. The topological polar surface area (TPSA) is 62.7 Å². The highest BCUT2D eigenvalue weighted by Crippen LogP contribution is 2.28. The summed E-state index contributed by atoms with van der Waals surface area (Å²) in [6.45, 7) is 2.15. The Morgan fingerprint density at radius 3 is 1.97 bits per heavy atom. The van der Waals surface area contributed by atoms with E-state index < -0.39 is 0 Å². The first-order chi connectivity index (χ1) is 15.3. The molecule has 0 bridgehead atoms. The van der Waals surface area contributed by atoms with Crippen molar-refractivity contribution in [3.63, 3.8) is 0 Å². The van der Waals surface area contributed by atoms with Crippen LogP contribution in [0, 0.1) is 0 Å². The van der Waals surface area contributed by atoms with Crippen LogP contribution >= 0.6 is 11.8 Å². The third-order valence-corrected chi connectivity index (χ3v) is 5.55. The molecule has 31 heavy (non-hydrogen) atoms. The molecule has 4 aromatic rings. The van der Waals surface area contributed by atoms with Crippen LogP contribution in [-0.2, 0) is 0 Å². The van der Waals surface area contributed by atoms with E-state index in [0.717, 1.165) is 22.5 Å². The number of aromatic nitrogens is 3. The van der Waals surface area contributed by atoms with Crippen molar-refractivity contribution in [2.45, 2.75) is 17.1 Å². The van der Waals surface area contributed by atoms with Crippen LogP contribution in [-0.4, -0.2) is 20.4 Å². The highest BCUT2D eigenvalue weighted by molar-refractivity contribution is 8.00. The summed E-state index contributed by atoms with van der Waals surface area (Å²) in [7, 11) is 0. The second kappa shape index (κ2) is 10.4. The summed E-state index contributed by atoms with van der Waals surface area (Å²) in [6.07, 6.45) is 3.94. The summed E-state index contributed by atoms with van der Waals surface area (Å²) < 4.78 is 0. The van der Waals surface area contributed by atoms with Gasteiger partial charge in [-0.3, -0.25) is 5.43 Å². The quantitative estimate of drug-likeness (QED) is 0.274. The first kappa shape index (κ1) is 20.6. The molecule has 2 N–H and O–H groups in total. The zero-order valence-electron chi connectivity index (χ0n) is 17.1. The molecule has 6 heteroatoms. The normalized spacial score (nSPS) is 11.9. The van der Waals surface area contributed by atoms with Crippen molar-refractivity contribution in [2.75, 3.05) is 5.43 Å². The number of hydrogen-bond acceptors (Lipinski definition) is 6. The fourth-order valence-electron chi connectivity index (χ4n) is 3.01. The van der Waals surface area contributed by atoms with Crippen molar-refractivity contribution >= 4 is 17.7 Å². The number of hydrazine groups is 1. The first-order valence-corrected chi connectivity index (χ1v) is 10.9. The van der Waals surface area contributed by atoms with Crippen LogP contribution in [0.4, 0.5) is 5.95 Å². The van der Waals surface area contributed by atoms with E-state index >= 15 is 0 Å². The molecule has 0 saturated heterocycles. The Bertz CT molecular complexity index is 1120. The minimum Gasteiger partial charge on any atom is -0.306 e. The highest BCUT2D eigenvalue weighted by Gasteiger charge is 2.13. The minimum absolute atomic E-state index is 0.316. The summed E-state index contributed by atoms with van der Waals surface area (Å²) in [4.78, 5) is 5.96. The number of thioether (sulfide) groups is 1. The monoisotopic (exact) mass is 425 g/mol. The van der Waals surface area contributed by atoms with Gasteiger partial charge in [0.1, 0.15) is 11.4 Å². The summed E-state index contributed by atoms with van der Waals surface area (Å²) in [5, 5.41) is 9.02. The van der Waals surface area contributed by atoms with Crippen molar-refractivity contribution < 1.29 is 0 Å². The summed E-state index contributed by atoms with van der Waals surface area (Å²) >= 11 is 1.79. The van der Waals surface area contributed by atoms with E-state index in [1.807, 2.05) is 85.1 Å². The lowest BCUT2D eigenvalue weighted by molar-refractivity contribution is 0.922. The molecule has 1 atom stereocenters. The Kier molecular flexibility index (Phi) is 6.92. The van der Waals surface area contributed by atoms with Crippen molar-refractivity contribution in [3.8, 4) is 22.5 Å². The van der Waals surface area contributed by atoms with Crippen LogP contribution in [0.15, 0.2) is 108 Å². The fraction of sp³-hybridized carbons (Fsp3) is 0.0800. The molecule has 0 radical (unpaired) electrons. The number of benzene rings is 3. The molecule has 5 nitrogen and oxygen atoms in total. The SMILES string of the molecule is CC(/C=C/NNc1nnc(-c2ccccc2)c(-c2ccccc2)n1)Sc1ccccc1. The molecule has 4 rings (SSSR count). The Morgan fingerprint density at radius 2 is 1.32 bits per heavy atom. The summed E-state index contributed by atoms with van der Waals surface area (Å²) in [5.41, 5.74) is 9.57. The third kappa shape index (κ3) is 5.71. The molecule has 154 valence electrons. The molecular formula is C25H23N5S.